The standard InChI is InChI=1S/C25H29N5O6/c31-15-22(33)29-7-5-16(6-8-29)14-27-9-11-28(12-10-27)17-1-2-18-19(13-17)25(36)30(24(18)35)20-3-4-21(32)26-23(20)34/h1-2,13,15-16,20H,3-12,14H2,(H,26,32,34). The third-order valence-corrected chi connectivity index (χ3v) is 7.70. The van der Waals surface area contributed by atoms with E-state index in [4.69, 9.17) is 0 Å². The molecule has 5 rings (SSSR count). The highest BCUT2D eigenvalue weighted by Gasteiger charge is 2.44. The highest BCUT2D eigenvalue weighted by Crippen LogP contribution is 2.31. The van der Waals surface area contributed by atoms with Crippen molar-refractivity contribution in [2.45, 2.75) is 31.7 Å². The topological polar surface area (TPSA) is 127 Å². The Morgan fingerprint density at radius 3 is 2.28 bits per heavy atom. The Balaban J connectivity index is 1.18. The molecule has 4 heterocycles. The van der Waals surface area contributed by atoms with Gasteiger partial charge in [-0.3, -0.25) is 43.9 Å². The molecule has 11 heteroatoms. The van der Waals surface area contributed by atoms with E-state index in [9.17, 15) is 28.8 Å². The number of likely N-dealkylation sites (tertiary alicyclic amines) is 1. The van der Waals surface area contributed by atoms with E-state index < -0.39 is 35.6 Å². The molecule has 0 spiro atoms. The van der Waals surface area contributed by atoms with Gasteiger partial charge in [-0.2, -0.15) is 0 Å². The van der Waals surface area contributed by atoms with Crippen LogP contribution in [0.2, 0.25) is 0 Å². The van der Waals surface area contributed by atoms with Gasteiger partial charge in [0.2, 0.25) is 18.1 Å². The van der Waals surface area contributed by atoms with E-state index >= 15 is 0 Å². The summed E-state index contributed by atoms with van der Waals surface area (Å²) in [6, 6.07) is 4.26. The summed E-state index contributed by atoms with van der Waals surface area (Å²) in [5.74, 6) is -1.94. The fraction of sp³-hybridized carbons (Fsp3) is 0.520. The van der Waals surface area contributed by atoms with E-state index in [2.05, 4.69) is 15.1 Å². The molecule has 0 aromatic heterocycles. The second-order valence-electron chi connectivity index (χ2n) is 9.85. The van der Waals surface area contributed by atoms with Gasteiger partial charge in [-0.1, -0.05) is 0 Å². The van der Waals surface area contributed by atoms with Crippen LogP contribution in [0.15, 0.2) is 18.2 Å². The van der Waals surface area contributed by atoms with E-state index in [1.165, 1.54) is 0 Å². The Morgan fingerprint density at radius 1 is 0.917 bits per heavy atom. The molecule has 1 aromatic rings. The molecule has 1 aromatic carbocycles. The predicted molar refractivity (Wildman–Crippen MR) is 127 cm³/mol. The first kappa shape index (κ1) is 24.1. The van der Waals surface area contributed by atoms with Crippen molar-refractivity contribution in [1.82, 2.24) is 20.0 Å². The number of aldehydes is 1. The summed E-state index contributed by atoms with van der Waals surface area (Å²) in [5, 5.41) is 2.21. The molecule has 0 saturated carbocycles. The maximum Gasteiger partial charge on any atom is 0.286 e. The Bertz CT molecular complexity index is 1120. The van der Waals surface area contributed by atoms with E-state index in [0.717, 1.165) is 56.2 Å². The van der Waals surface area contributed by atoms with E-state index in [0.29, 0.717) is 30.9 Å². The highest BCUT2D eigenvalue weighted by atomic mass is 16.2. The van der Waals surface area contributed by atoms with Gasteiger partial charge in [0.15, 0.2) is 0 Å². The van der Waals surface area contributed by atoms with Crippen LogP contribution in [0.3, 0.4) is 0 Å². The SMILES string of the molecule is O=CC(=O)N1CCC(CN2CCN(c3ccc4c(c3)C(=O)N(C3CCC(=O)NC3=O)C4=O)CC2)CC1. The van der Waals surface area contributed by atoms with Gasteiger partial charge in [-0.05, 0) is 43.4 Å². The molecule has 1 unspecified atom stereocenters. The van der Waals surface area contributed by atoms with Crippen LogP contribution in [0.5, 0.6) is 0 Å². The molecule has 3 saturated heterocycles. The summed E-state index contributed by atoms with van der Waals surface area (Å²) in [6.07, 6.45) is 2.40. The van der Waals surface area contributed by atoms with Gasteiger partial charge >= 0.3 is 0 Å². The Morgan fingerprint density at radius 2 is 1.61 bits per heavy atom. The van der Waals surface area contributed by atoms with Crippen LogP contribution in [-0.4, -0.2) is 102 Å². The Hall–Kier alpha value is -3.60. The third kappa shape index (κ3) is 4.50. The van der Waals surface area contributed by atoms with Crippen LogP contribution in [-0.2, 0) is 19.2 Å². The fourth-order valence-electron chi connectivity index (χ4n) is 5.62. The van der Waals surface area contributed by atoms with Crippen LogP contribution >= 0.6 is 0 Å². The Labute approximate surface area is 208 Å². The molecule has 4 aliphatic rings. The number of imide groups is 2. The summed E-state index contributed by atoms with van der Waals surface area (Å²) in [7, 11) is 0. The highest BCUT2D eigenvalue weighted by molar-refractivity contribution is 6.24. The summed E-state index contributed by atoms with van der Waals surface area (Å²) in [6.45, 7) is 5.48. The van der Waals surface area contributed by atoms with Crippen molar-refractivity contribution >= 4 is 41.5 Å². The van der Waals surface area contributed by atoms with E-state index in [-0.39, 0.29) is 18.4 Å². The van der Waals surface area contributed by atoms with Gasteiger partial charge in [0.25, 0.3) is 17.7 Å². The van der Waals surface area contributed by atoms with Crippen LogP contribution in [0.25, 0.3) is 0 Å². The Kier molecular flexibility index (Phi) is 6.57. The van der Waals surface area contributed by atoms with Crippen LogP contribution in [0, 0.1) is 5.92 Å². The van der Waals surface area contributed by atoms with E-state index in [1.54, 1.807) is 17.0 Å². The second kappa shape index (κ2) is 9.81. The van der Waals surface area contributed by atoms with Gasteiger partial charge in [0, 0.05) is 57.9 Å². The minimum atomic E-state index is -0.967. The predicted octanol–water partition coefficient (Wildman–Crippen LogP) is -0.353. The number of anilines is 1. The number of carbonyl (C=O) groups is 6. The van der Waals surface area contributed by atoms with Gasteiger partial charge in [0.05, 0.1) is 11.1 Å². The van der Waals surface area contributed by atoms with Crippen molar-refractivity contribution in [3.63, 3.8) is 0 Å². The molecule has 11 nitrogen and oxygen atoms in total. The number of amides is 5. The number of hydrogen-bond donors (Lipinski definition) is 1. The first-order valence-electron chi connectivity index (χ1n) is 12.4. The lowest BCUT2D eigenvalue weighted by Gasteiger charge is -2.39. The van der Waals surface area contributed by atoms with Crippen molar-refractivity contribution in [3.05, 3.63) is 29.3 Å². The quantitative estimate of drug-likeness (QED) is 0.334. The molecule has 36 heavy (non-hydrogen) atoms. The second-order valence-corrected chi connectivity index (χ2v) is 9.85. The smallest absolute Gasteiger partial charge is 0.286 e. The molecule has 1 atom stereocenters. The number of hydrogen-bond acceptors (Lipinski definition) is 8. The number of fused-ring (bicyclic) bond motifs is 1. The summed E-state index contributed by atoms with van der Waals surface area (Å²) in [5.41, 5.74) is 1.44. The minimum absolute atomic E-state index is 0.0926. The van der Waals surface area contributed by atoms with Gasteiger partial charge in [-0.25, -0.2) is 0 Å². The zero-order chi connectivity index (χ0) is 25.4. The number of piperidine rings is 2. The molecule has 5 amide bonds. The largest absolute Gasteiger partial charge is 0.369 e. The van der Waals surface area contributed by atoms with Gasteiger partial charge < -0.3 is 9.80 Å². The van der Waals surface area contributed by atoms with Crippen LogP contribution < -0.4 is 10.2 Å². The van der Waals surface area contributed by atoms with Gasteiger partial charge in [0.1, 0.15) is 6.04 Å². The van der Waals surface area contributed by atoms with Crippen molar-refractivity contribution in [2.24, 2.45) is 5.92 Å². The minimum Gasteiger partial charge on any atom is -0.369 e. The summed E-state index contributed by atoms with van der Waals surface area (Å²) < 4.78 is 0. The average Bonchev–Trinajstić information content (AvgIpc) is 3.14. The lowest BCUT2D eigenvalue weighted by molar-refractivity contribution is -0.139. The van der Waals surface area contributed by atoms with Crippen molar-refractivity contribution in [1.29, 1.82) is 0 Å². The number of nitrogens with zero attached hydrogens (tertiary/aromatic N) is 4. The number of nitrogens with one attached hydrogen (secondary N) is 1. The lowest BCUT2D eigenvalue weighted by atomic mass is 9.96. The zero-order valence-corrected chi connectivity index (χ0v) is 20.0. The van der Waals surface area contributed by atoms with Crippen molar-refractivity contribution in [3.8, 4) is 0 Å². The van der Waals surface area contributed by atoms with E-state index in [1.807, 2.05) is 6.07 Å². The summed E-state index contributed by atoms with van der Waals surface area (Å²) >= 11 is 0. The molecule has 190 valence electrons. The van der Waals surface area contributed by atoms with Crippen molar-refractivity contribution in [2.75, 3.05) is 50.7 Å². The fourth-order valence-corrected chi connectivity index (χ4v) is 5.62. The van der Waals surface area contributed by atoms with Gasteiger partial charge in [-0.15, -0.1) is 0 Å². The maximum atomic E-state index is 13.1. The van der Waals surface area contributed by atoms with Crippen LogP contribution in [0.1, 0.15) is 46.4 Å². The molecular weight excluding hydrogens is 466 g/mol. The average molecular weight is 496 g/mol. The number of carbonyl (C=O) groups excluding carboxylic acids is 6. The summed E-state index contributed by atoms with van der Waals surface area (Å²) in [4.78, 5) is 79.2. The molecule has 3 fully saturated rings. The third-order valence-electron chi connectivity index (χ3n) is 7.70. The number of rotatable bonds is 5. The number of piperazine rings is 1. The molecular formula is C25H29N5O6. The first-order valence-corrected chi connectivity index (χ1v) is 12.4. The molecule has 0 bridgehead atoms. The normalized spacial score (nSPS) is 23.7. The maximum absolute atomic E-state index is 13.1. The molecule has 4 aliphatic heterocycles. The monoisotopic (exact) mass is 495 g/mol. The van der Waals surface area contributed by atoms with Crippen molar-refractivity contribution < 1.29 is 28.8 Å². The lowest BCUT2D eigenvalue weighted by Crippen LogP contribution is -2.54. The molecule has 0 radical (unpaired) electrons. The molecule has 1 N–H and O–H groups in total. The molecule has 0 aliphatic carbocycles. The first-order chi connectivity index (χ1) is 17.4. The zero-order valence-electron chi connectivity index (χ0n) is 20.0. The number of benzene rings is 1. The van der Waals surface area contributed by atoms with Crippen LogP contribution in [0.4, 0.5) is 5.69 Å².